The van der Waals surface area contributed by atoms with Crippen LogP contribution < -0.4 is 5.32 Å². The molecule has 0 aliphatic heterocycles. The molecule has 0 aromatic carbocycles. The van der Waals surface area contributed by atoms with Gasteiger partial charge in [-0.15, -0.1) is 0 Å². The van der Waals surface area contributed by atoms with E-state index in [-0.39, 0.29) is 5.75 Å². The minimum absolute atomic E-state index is 0.222. The van der Waals surface area contributed by atoms with Crippen molar-refractivity contribution in [2.45, 2.75) is 38.3 Å². The molecular formula is C14H23N3O. The molecule has 0 bridgehead atoms. The molecule has 4 heteroatoms. The van der Waals surface area contributed by atoms with Crippen molar-refractivity contribution in [2.75, 3.05) is 20.1 Å². The molecule has 1 aliphatic rings. The van der Waals surface area contributed by atoms with E-state index in [1.165, 1.54) is 31.9 Å². The van der Waals surface area contributed by atoms with Gasteiger partial charge in [0.25, 0.3) is 0 Å². The molecule has 1 aromatic rings. The molecule has 0 unspecified atom stereocenters. The van der Waals surface area contributed by atoms with Crippen LogP contribution in [0.1, 0.15) is 31.4 Å². The minimum atomic E-state index is 0.222. The zero-order chi connectivity index (χ0) is 12.8. The molecule has 100 valence electrons. The van der Waals surface area contributed by atoms with Crippen LogP contribution in [0, 0.1) is 0 Å². The summed E-state index contributed by atoms with van der Waals surface area (Å²) in [5.74, 6) is 0.222. The fourth-order valence-corrected chi connectivity index (χ4v) is 2.52. The number of hydrogen-bond acceptors (Lipinski definition) is 4. The summed E-state index contributed by atoms with van der Waals surface area (Å²) < 4.78 is 0. The van der Waals surface area contributed by atoms with Crippen molar-refractivity contribution in [3.63, 3.8) is 0 Å². The van der Waals surface area contributed by atoms with Gasteiger partial charge >= 0.3 is 0 Å². The molecule has 1 fully saturated rings. The van der Waals surface area contributed by atoms with E-state index < -0.39 is 0 Å². The summed E-state index contributed by atoms with van der Waals surface area (Å²) in [5.41, 5.74) is 0.969. The van der Waals surface area contributed by atoms with Crippen LogP contribution >= 0.6 is 0 Å². The molecule has 1 saturated carbocycles. The number of aromatic hydroxyl groups is 1. The minimum Gasteiger partial charge on any atom is -0.506 e. The Labute approximate surface area is 109 Å². The number of nitrogens with one attached hydrogen (secondary N) is 1. The first-order valence-electron chi connectivity index (χ1n) is 6.80. The van der Waals surface area contributed by atoms with Crippen LogP contribution in [0.25, 0.3) is 0 Å². The van der Waals surface area contributed by atoms with E-state index in [0.717, 1.165) is 31.4 Å². The lowest BCUT2D eigenvalue weighted by atomic mass is 10.2. The lowest BCUT2D eigenvalue weighted by Crippen LogP contribution is -2.35. The molecule has 4 nitrogen and oxygen atoms in total. The summed E-state index contributed by atoms with van der Waals surface area (Å²) >= 11 is 0. The summed E-state index contributed by atoms with van der Waals surface area (Å²) in [6, 6.07) is 4.32. The smallest absolute Gasteiger partial charge is 0.133 e. The second-order valence-corrected chi connectivity index (χ2v) is 5.10. The highest BCUT2D eigenvalue weighted by atomic mass is 16.3. The van der Waals surface area contributed by atoms with Crippen LogP contribution in [0.3, 0.4) is 0 Å². The van der Waals surface area contributed by atoms with Crippen molar-refractivity contribution in [2.24, 2.45) is 0 Å². The van der Waals surface area contributed by atoms with Crippen LogP contribution in [-0.2, 0) is 6.54 Å². The molecule has 0 amide bonds. The van der Waals surface area contributed by atoms with Crippen LogP contribution in [0.4, 0.5) is 0 Å². The van der Waals surface area contributed by atoms with Crippen molar-refractivity contribution in [1.82, 2.24) is 15.2 Å². The fraction of sp³-hybridized carbons (Fsp3) is 0.643. The standard InChI is InChI=1S/C14H23N3O/c1-17(13-4-2-3-5-13)9-8-15-10-12-6-7-14(18)11-16-12/h6-7,11,13,15,18H,2-5,8-10H2,1H3. The average molecular weight is 249 g/mol. The van der Waals surface area contributed by atoms with E-state index in [1.807, 2.05) is 6.07 Å². The number of aromatic nitrogens is 1. The number of nitrogens with zero attached hydrogens (tertiary/aromatic N) is 2. The largest absolute Gasteiger partial charge is 0.506 e. The first kappa shape index (κ1) is 13.3. The Kier molecular flexibility index (Phi) is 4.96. The van der Waals surface area contributed by atoms with Gasteiger partial charge in [-0.2, -0.15) is 0 Å². The van der Waals surface area contributed by atoms with Crippen molar-refractivity contribution in [1.29, 1.82) is 0 Å². The zero-order valence-electron chi connectivity index (χ0n) is 11.1. The first-order valence-corrected chi connectivity index (χ1v) is 6.80. The second kappa shape index (κ2) is 6.71. The van der Waals surface area contributed by atoms with Gasteiger partial charge in [-0.05, 0) is 32.0 Å². The van der Waals surface area contributed by atoms with Crippen LogP contribution in [0.15, 0.2) is 18.3 Å². The van der Waals surface area contributed by atoms with E-state index in [2.05, 4.69) is 22.2 Å². The van der Waals surface area contributed by atoms with E-state index in [9.17, 15) is 0 Å². The number of rotatable bonds is 6. The quantitative estimate of drug-likeness (QED) is 0.754. The maximum absolute atomic E-state index is 9.13. The Bertz CT molecular complexity index is 347. The Morgan fingerprint density at radius 1 is 1.39 bits per heavy atom. The molecule has 18 heavy (non-hydrogen) atoms. The van der Waals surface area contributed by atoms with Gasteiger partial charge in [0.2, 0.25) is 0 Å². The van der Waals surface area contributed by atoms with Gasteiger partial charge in [0.05, 0.1) is 11.9 Å². The van der Waals surface area contributed by atoms with E-state index >= 15 is 0 Å². The molecule has 1 aromatic heterocycles. The van der Waals surface area contributed by atoms with Gasteiger partial charge in [-0.1, -0.05) is 12.8 Å². The Morgan fingerprint density at radius 3 is 2.83 bits per heavy atom. The molecule has 1 heterocycles. The van der Waals surface area contributed by atoms with Gasteiger partial charge in [-0.25, -0.2) is 0 Å². The second-order valence-electron chi connectivity index (χ2n) is 5.10. The van der Waals surface area contributed by atoms with Gasteiger partial charge in [0.15, 0.2) is 0 Å². The predicted molar refractivity (Wildman–Crippen MR) is 72.5 cm³/mol. The van der Waals surface area contributed by atoms with Gasteiger partial charge in [0, 0.05) is 25.7 Å². The monoisotopic (exact) mass is 249 g/mol. The third kappa shape index (κ3) is 3.96. The van der Waals surface area contributed by atoms with E-state index in [0.29, 0.717) is 0 Å². The highest BCUT2D eigenvalue weighted by Crippen LogP contribution is 2.21. The molecule has 2 rings (SSSR count). The molecule has 1 aliphatic carbocycles. The molecule has 0 atom stereocenters. The Balaban J connectivity index is 1.62. The summed E-state index contributed by atoms with van der Waals surface area (Å²) in [5, 5.41) is 12.5. The van der Waals surface area contributed by atoms with Crippen LogP contribution in [0.2, 0.25) is 0 Å². The van der Waals surface area contributed by atoms with Gasteiger partial charge in [0.1, 0.15) is 5.75 Å². The maximum Gasteiger partial charge on any atom is 0.133 e. The van der Waals surface area contributed by atoms with Crippen LogP contribution in [-0.4, -0.2) is 41.2 Å². The summed E-state index contributed by atoms with van der Waals surface area (Å²) in [6.07, 6.45) is 6.98. The van der Waals surface area contributed by atoms with Crippen LogP contribution in [0.5, 0.6) is 5.75 Å². The molecule has 2 N–H and O–H groups in total. The van der Waals surface area contributed by atoms with Crippen molar-refractivity contribution >= 4 is 0 Å². The summed E-state index contributed by atoms with van der Waals surface area (Å²) in [6.45, 7) is 2.83. The third-order valence-corrected chi connectivity index (χ3v) is 3.70. The molecule has 0 saturated heterocycles. The number of likely N-dealkylation sites (N-methyl/N-ethyl adjacent to an activating group) is 1. The topological polar surface area (TPSA) is 48.4 Å². The normalized spacial score (nSPS) is 16.6. The highest BCUT2D eigenvalue weighted by molar-refractivity contribution is 5.17. The summed E-state index contributed by atoms with van der Waals surface area (Å²) in [7, 11) is 2.22. The fourth-order valence-electron chi connectivity index (χ4n) is 2.52. The van der Waals surface area contributed by atoms with Gasteiger partial charge < -0.3 is 15.3 Å². The van der Waals surface area contributed by atoms with E-state index in [1.54, 1.807) is 6.07 Å². The van der Waals surface area contributed by atoms with E-state index in [4.69, 9.17) is 5.11 Å². The number of hydrogen-bond donors (Lipinski definition) is 2. The lowest BCUT2D eigenvalue weighted by molar-refractivity contribution is 0.245. The van der Waals surface area contributed by atoms with Crippen molar-refractivity contribution in [3.05, 3.63) is 24.0 Å². The molecular weight excluding hydrogens is 226 g/mol. The lowest BCUT2D eigenvalue weighted by Gasteiger charge is -2.23. The van der Waals surface area contributed by atoms with Crippen molar-refractivity contribution < 1.29 is 5.11 Å². The predicted octanol–water partition coefficient (Wildman–Crippen LogP) is 1.75. The first-order chi connectivity index (χ1) is 8.75. The third-order valence-electron chi connectivity index (χ3n) is 3.70. The average Bonchev–Trinajstić information content (AvgIpc) is 2.90. The van der Waals surface area contributed by atoms with Crippen molar-refractivity contribution in [3.8, 4) is 5.75 Å². The molecule has 0 radical (unpaired) electrons. The maximum atomic E-state index is 9.13. The summed E-state index contributed by atoms with van der Waals surface area (Å²) in [4.78, 5) is 6.61. The zero-order valence-corrected chi connectivity index (χ0v) is 11.1. The molecule has 0 spiro atoms. The van der Waals surface area contributed by atoms with Gasteiger partial charge in [-0.3, -0.25) is 4.98 Å². The Morgan fingerprint density at radius 2 is 2.17 bits per heavy atom. The number of pyridine rings is 1. The Hall–Kier alpha value is -1.13. The SMILES string of the molecule is CN(CCNCc1ccc(O)cn1)C1CCCC1. The highest BCUT2D eigenvalue weighted by Gasteiger charge is 2.18.